The van der Waals surface area contributed by atoms with E-state index in [9.17, 15) is 69.3 Å². The second kappa shape index (κ2) is 23.1. The third-order valence-corrected chi connectivity index (χ3v) is 12.7. The molecular formula is C48H57N3O19. The molecule has 1 unspecified atom stereocenters. The molecule has 1 saturated heterocycles. The normalized spacial score (nSPS) is 21.6. The van der Waals surface area contributed by atoms with Gasteiger partial charge in [0.05, 0.1) is 62.1 Å². The van der Waals surface area contributed by atoms with E-state index in [1.165, 1.54) is 44.4 Å². The van der Waals surface area contributed by atoms with Crippen LogP contribution in [0.5, 0.6) is 23.0 Å². The molecule has 2 aliphatic carbocycles. The summed E-state index contributed by atoms with van der Waals surface area (Å²) in [6.07, 6.45) is -5.32. The highest BCUT2D eigenvalue weighted by Gasteiger charge is 2.50. The summed E-state index contributed by atoms with van der Waals surface area (Å²) < 4.78 is 28.0. The van der Waals surface area contributed by atoms with Crippen molar-refractivity contribution in [1.82, 2.24) is 5.43 Å². The summed E-state index contributed by atoms with van der Waals surface area (Å²) in [4.78, 5) is 90.8. The van der Waals surface area contributed by atoms with Crippen LogP contribution in [0.15, 0.2) is 30.3 Å². The maximum Gasteiger partial charge on any atom is 0.272 e. The fourth-order valence-corrected chi connectivity index (χ4v) is 9.16. The molecule has 1 heterocycles. The van der Waals surface area contributed by atoms with Crippen LogP contribution in [0, 0.1) is 5.92 Å². The SMILES string of the molecule is COc1ccc(NC(=O)COCCOCCCC(=O)CCCC(=O)C[C@H]2CC(O[C@@H]3C[C@](O)(C(=O)CO)Cc4c(O)c5c(c(O)c43)C(=O)c3c(CO)cccc3C5=O)O[C@@H](C)[C@H]2O)c(O)c1C(=O)NN. The molecule has 0 spiro atoms. The number of nitrogen functional groups attached to an aromatic ring is 1. The van der Waals surface area contributed by atoms with Crippen molar-refractivity contribution < 1.29 is 93.0 Å². The Morgan fingerprint density at radius 1 is 0.871 bits per heavy atom. The lowest BCUT2D eigenvalue weighted by Gasteiger charge is -2.42. The van der Waals surface area contributed by atoms with Crippen LogP contribution in [0.1, 0.15) is 123 Å². The second-order valence-electron chi connectivity index (χ2n) is 17.3. The maximum absolute atomic E-state index is 14.0. The number of hydrazine groups is 1. The first-order chi connectivity index (χ1) is 33.4. The zero-order valence-corrected chi connectivity index (χ0v) is 38.5. The van der Waals surface area contributed by atoms with Gasteiger partial charge in [0.15, 0.2) is 29.4 Å². The Kier molecular flexibility index (Phi) is 17.6. The monoisotopic (exact) mass is 979 g/mol. The van der Waals surface area contributed by atoms with Crippen molar-refractivity contribution in [3.05, 3.63) is 74.8 Å². The summed E-state index contributed by atoms with van der Waals surface area (Å²) >= 11 is 0. The number of hydrogen-bond acceptors (Lipinski definition) is 20. The van der Waals surface area contributed by atoms with Crippen molar-refractivity contribution in [3.63, 3.8) is 0 Å². The third kappa shape index (κ3) is 11.4. The number of phenols is 3. The van der Waals surface area contributed by atoms with Gasteiger partial charge in [-0.25, -0.2) is 5.84 Å². The fraction of sp³-hybridized carbons (Fsp3) is 0.479. The lowest BCUT2D eigenvalue weighted by molar-refractivity contribution is -0.257. The van der Waals surface area contributed by atoms with Gasteiger partial charge in [-0.2, -0.15) is 0 Å². The first kappa shape index (κ1) is 53.1. The molecule has 1 aliphatic heterocycles. The summed E-state index contributed by atoms with van der Waals surface area (Å²) in [7, 11) is 1.29. The molecule has 70 heavy (non-hydrogen) atoms. The van der Waals surface area contributed by atoms with Gasteiger partial charge in [-0.1, -0.05) is 18.2 Å². The molecular weight excluding hydrogens is 923 g/mol. The number of anilines is 1. The number of phenolic OH excluding ortho intramolecular Hbond substituents is 3. The number of methoxy groups -OCH3 is 1. The molecule has 22 heteroatoms. The molecule has 378 valence electrons. The molecule has 2 amide bonds. The highest BCUT2D eigenvalue weighted by molar-refractivity contribution is 6.31. The number of fused-ring (bicyclic) bond motifs is 3. The molecule has 0 aromatic heterocycles. The highest BCUT2D eigenvalue weighted by atomic mass is 16.7. The van der Waals surface area contributed by atoms with Gasteiger partial charge in [0.25, 0.3) is 5.91 Å². The lowest BCUT2D eigenvalue weighted by Crippen LogP contribution is -2.49. The number of aliphatic hydroxyl groups is 4. The molecule has 1 fully saturated rings. The first-order valence-corrected chi connectivity index (χ1v) is 22.6. The van der Waals surface area contributed by atoms with Crippen LogP contribution in [0.4, 0.5) is 5.69 Å². The minimum Gasteiger partial charge on any atom is -0.507 e. The van der Waals surface area contributed by atoms with Crippen molar-refractivity contribution in [1.29, 1.82) is 0 Å². The molecule has 6 rings (SSSR count). The molecule has 0 bridgehead atoms. The van der Waals surface area contributed by atoms with Crippen LogP contribution in [-0.4, -0.2) is 141 Å². The number of benzene rings is 3. The number of hydrogen-bond donors (Lipinski definition) is 10. The summed E-state index contributed by atoms with van der Waals surface area (Å²) in [6.45, 7) is -0.194. The van der Waals surface area contributed by atoms with Crippen molar-refractivity contribution in [2.75, 3.05) is 45.5 Å². The molecule has 11 N–H and O–H groups in total. The number of aliphatic hydroxyl groups excluding tert-OH is 3. The number of rotatable bonds is 23. The van der Waals surface area contributed by atoms with E-state index in [-0.39, 0.29) is 121 Å². The largest absolute Gasteiger partial charge is 0.507 e. The standard InChI is InChI=1S/C48H57N3O19/c1-23-41(58)25(16-27(55)8-4-7-26(54)9-5-13-67-14-15-68-22-34(57)50-30-11-12-31(66-2)38(44(30)61)47(64)51-49)17-35(69-23)70-32-19-48(65,33(56)21-53)18-29-37(32)46(63)40-39(43(29)60)42(59)28-10-3-6-24(20-52)36(28)45(40)62/h3,6,10-12,23,25,32,35,41,52-53,58,60-61,63,65H,4-5,7-9,13-22,49H2,1-2H3,(H,50,57)(H,51,64)/t23-,25-,32+,35?,41+,48-/m0/s1. The Balaban J connectivity index is 0.972. The van der Waals surface area contributed by atoms with Gasteiger partial charge in [0.1, 0.15) is 53.2 Å². The van der Waals surface area contributed by atoms with E-state index in [4.69, 9.17) is 29.5 Å². The molecule has 22 nitrogen and oxygen atoms in total. The molecule has 3 aromatic carbocycles. The summed E-state index contributed by atoms with van der Waals surface area (Å²) in [5, 5.41) is 78.6. The van der Waals surface area contributed by atoms with Gasteiger partial charge in [0, 0.05) is 73.8 Å². The minimum atomic E-state index is -2.38. The predicted octanol–water partition coefficient (Wildman–Crippen LogP) is 1.24. The summed E-state index contributed by atoms with van der Waals surface area (Å²) in [5.41, 5.74) is -2.67. The minimum absolute atomic E-state index is 0.0256. The molecule has 0 saturated carbocycles. The smallest absolute Gasteiger partial charge is 0.272 e. The number of amides is 2. The molecule has 6 atom stereocenters. The van der Waals surface area contributed by atoms with Crippen LogP contribution >= 0.6 is 0 Å². The lowest BCUT2D eigenvalue weighted by atomic mass is 9.71. The molecule has 3 aliphatic rings. The van der Waals surface area contributed by atoms with Gasteiger partial charge < -0.3 is 64.7 Å². The maximum atomic E-state index is 14.0. The van der Waals surface area contributed by atoms with Crippen LogP contribution in [0.25, 0.3) is 0 Å². The van der Waals surface area contributed by atoms with Crippen molar-refractivity contribution in [3.8, 4) is 23.0 Å². The molecule has 0 radical (unpaired) electrons. The first-order valence-electron chi connectivity index (χ1n) is 22.6. The van der Waals surface area contributed by atoms with E-state index in [1.54, 1.807) is 0 Å². The van der Waals surface area contributed by atoms with E-state index < -0.39 is 120 Å². The Bertz CT molecular complexity index is 2530. The van der Waals surface area contributed by atoms with Gasteiger partial charge in [-0.15, -0.1) is 0 Å². The van der Waals surface area contributed by atoms with Crippen LogP contribution < -0.4 is 21.3 Å². The van der Waals surface area contributed by atoms with E-state index in [1.807, 2.05) is 5.43 Å². The number of nitrogens with two attached hydrogens (primary N) is 1. The van der Waals surface area contributed by atoms with Crippen molar-refractivity contribution >= 4 is 46.4 Å². The van der Waals surface area contributed by atoms with Gasteiger partial charge in [-0.05, 0) is 43.4 Å². The van der Waals surface area contributed by atoms with Gasteiger partial charge >= 0.3 is 0 Å². The van der Waals surface area contributed by atoms with Gasteiger partial charge in [-0.3, -0.25) is 39.0 Å². The summed E-state index contributed by atoms with van der Waals surface area (Å²) in [5.74, 6) is -2.21. The topological polar surface area (TPSA) is 357 Å². The van der Waals surface area contributed by atoms with Gasteiger partial charge in [0.2, 0.25) is 5.91 Å². The third-order valence-electron chi connectivity index (χ3n) is 12.7. The Morgan fingerprint density at radius 2 is 1.57 bits per heavy atom. The molecule has 3 aromatic rings. The van der Waals surface area contributed by atoms with E-state index in [0.29, 0.717) is 6.42 Å². The number of ketones is 5. The number of carbonyl (C=O) groups excluding carboxylic acids is 7. The Labute approximate surface area is 400 Å². The second-order valence-corrected chi connectivity index (χ2v) is 17.3. The zero-order valence-electron chi connectivity index (χ0n) is 38.5. The summed E-state index contributed by atoms with van der Waals surface area (Å²) in [6, 6.07) is 6.89. The van der Waals surface area contributed by atoms with Crippen molar-refractivity contribution in [2.45, 2.75) is 102 Å². The van der Waals surface area contributed by atoms with Crippen LogP contribution in [0.3, 0.4) is 0 Å². The van der Waals surface area contributed by atoms with E-state index >= 15 is 0 Å². The highest BCUT2D eigenvalue weighted by Crippen LogP contribution is 2.52. The van der Waals surface area contributed by atoms with Crippen molar-refractivity contribution in [2.24, 2.45) is 11.8 Å². The number of aromatic hydroxyl groups is 3. The average molecular weight is 980 g/mol. The van der Waals surface area contributed by atoms with E-state index in [2.05, 4.69) is 5.32 Å². The number of Topliss-reactive ketones (excluding diaryl/α,β-unsaturated/α-hetero) is 3. The van der Waals surface area contributed by atoms with Crippen LogP contribution in [0.2, 0.25) is 0 Å². The quantitative estimate of drug-likeness (QED) is 0.0125. The zero-order chi connectivity index (χ0) is 51.0. The average Bonchev–Trinajstić information content (AvgIpc) is 3.33. The Hall–Kier alpha value is -6.21. The predicted molar refractivity (Wildman–Crippen MR) is 241 cm³/mol. The number of nitrogens with one attached hydrogen (secondary N) is 2. The number of carbonyl (C=O) groups is 7. The Morgan fingerprint density at radius 3 is 2.27 bits per heavy atom. The van der Waals surface area contributed by atoms with E-state index in [0.717, 1.165) is 0 Å². The number of ether oxygens (including phenoxy) is 5. The van der Waals surface area contributed by atoms with Crippen LogP contribution in [-0.2, 0) is 51.2 Å². The fourth-order valence-electron chi connectivity index (χ4n) is 9.16.